The van der Waals surface area contributed by atoms with Crippen LogP contribution in [0.1, 0.15) is 39.2 Å². The third kappa shape index (κ3) is 4.47. The second-order valence-electron chi connectivity index (χ2n) is 7.34. The van der Waals surface area contributed by atoms with Crippen LogP contribution in [-0.4, -0.2) is 21.4 Å². The van der Waals surface area contributed by atoms with Gasteiger partial charge in [0.25, 0.3) is 15.9 Å². The highest BCUT2D eigenvalue weighted by Gasteiger charge is 2.22. The van der Waals surface area contributed by atoms with Crippen LogP contribution in [0, 0.1) is 11.3 Å². The van der Waals surface area contributed by atoms with E-state index in [-0.39, 0.29) is 16.1 Å². The van der Waals surface area contributed by atoms with E-state index in [4.69, 9.17) is 4.74 Å². The van der Waals surface area contributed by atoms with E-state index in [1.807, 2.05) is 0 Å². The number of nitrogens with one attached hydrogen (secondary N) is 2. The molecule has 4 rings (SSSR count). The Morgan fingerprint density at radius 1 is 1.12 bits per heavy atom. The standard InChI is InChI=1S/C23H21N3O4S2/c1-30-17-9-11-18(12-10-17)32(28,29)26-16-6-4-5-15(13-16)22(27)25-23-20(14-24)19-7-2-3-8-21(19)31-23/h4-6,9-13,26H,2-3,7-8H2,1H3,(H,25,27). The molecule has 2 aromatic carbocycles. The average Bonchev–Trinajstić information content (AvgIpc) is 3.15. The SMILES string of the molecule is COc1ccc(S(=O)(=O)Nc2cccc(C(=O)Nc3sc4c(c3C#N)CCCC4)c2)cc1. The van der Waals surface area contributed by atoms with Crippen LogP contribution in [0.3, 0.4) is 0 Å². The van der Waals surface area contributed by atoms with Crippen molar-refractivity contribution in [2.24, 2.45) is 0 Å². The normalized spacial score (nSPS) is 13.0. The molecule has 0 spiro atoms. The number of ether oxygens (including phenoxy) is 1. The van der Waals surface area contributed by atoms with E-state index in [1.54, 1.807) is 30.3 Å². The highest BCUT2D eigenvalue weighted by molar-refractivity contribution is 7.92. The summed E-state index contributed by atoms with van der Waals surface area (Å²) >= 11 is 1.45. The number of nitriles is 1. The van der Waals surface area contributed by atoms with Crippen LogP contribution in [0.4, 0.5) is 10.7 Å². The minimum atomic E-state index is -3.83. The quantitative estimate of drug-likeness (QED) is 0.552. The lowest BCUT2D eigenvalue weighted by molar-refractivity contribution is 0.102. The minimum absolute atomic E-state index is 0.0796. The van der Waals surface area contributed by atoms with E-state index < -0.39 is 15.9 Å². The van der Waals surface area contributed by atoms with Gasteiger partial charge in [0.15, 0.2) is 0 Å². The molecule has 0 saturated heterocycles. The highest BCUT2D eigenvalue weighted by atomic mass is 32.2. The number of carbonyl (C=O) groups excluding carboxylic acids is 1. The van der Waals surface area contributed by atoms with Gasteiger partial charge in [-0.25, -0.2) is 8.42 Å². The first-order valence-corrected chi connectivity index (χ1v) is 12.3. The van der Waals surface area contributed by atoms with Crippen molar-refractivity contribution >= 4 is 38.0 Å². The Bertz CT molecular complexity index is 1310. The summed E-state index contributed by atoms with van der Waals surface area (Å²) in [6.07, 6.45) is 3.91. The van der Waals surface area contributed by atoms with Crippen molar-refractivity contribution in [3.05, 3.63) is 70.1 Å². The first-order chi connectivity index (χ1) is 15.4. The number of methoxy groups -OCH3 is 1. The van der Waals surface area contributed by atoms with Crippen molar-refractivity contribution in [2.75, 3.05) is 17.1 Å². The Kier molecular flexibility index (Phi) is 6.17. The number of nitrogens with zero attached hydrogens (tertiary/aromatic N) is 1. The summed E-state index contributed by atoms with van der Waals surface area (Å²) in [7, 11) is -2.33. The van der Waals surface area contributed by atoms with E-state index in [0.29, 0.717) is 16.3 Å². The number of aryl methyl sites for hydroxylation is 1. The van der Waals surface area contributed by atoms with Gasteiger partial charge in [-0.05, 0) is 73.7 Å². The van der Waals surface area contributed by atoms with Crippen molar-refractivity contribution in [2.45, 2.75) is 30.6 Å². The topological polar surface area (TPSA) is 108 Å². The molecular weight excluding hydrogens is 446 g/mol. The predicted octanol–water partition coefficient (Wildman–Crippen LogP) is 4.56. The molecule has 0 bridgehead atoms. The second kappa shape index (κ2) is 9.02. The van der Waals surface area contributed by atoms with Gasteiger partial charge in [0.2, 0.25) is 0 Å². The number of benzene rings is 2. The second-order valence-corrected chi connectivity index (χ2v) is 10.1. The van der Waals surface area contributed by atoms with Gasteiger partial charge in [-0.15, -0.1) is 11.3 Å². The van der Waals surface area contributed by atoms with Gasteiger partial charge in [0.1, 0.15) is 16.8 Å². The Morgan fingerprint density at radius 3 is 2.59 bits per heavy atom. The number of carbonyl (C=O) groups is 1. The smallest absolute Gasteiger partial charge is 0.261 e. The molecule has 1 amide bonds. The molecular formula is C23H21N3O4S2. The fourth-order valence-electron chi connectivity index (χ4n) is 3.64. The first kappa shape index (κ1) is 21.9. The lowest BCUT2D eigenvalue weighted by atomic mass is 9.96. The van der Waals surface area contributed by atoms with Crippen LogP contribution >= 0.6 is 11.3 Å². The third-order valence-corrected chi connectivity index (χ3v) is 7.86. The largest absolute Gasteiger partial charge is 0.497 e. The number of thiophene rings is 1. The van der Waals surface area contributed by atoms with Crippen molar-refractivity contribution in [1.29, 1.82) is 5.26 Å². The van der Waals surface area contributed by atoms with Gasteiger partial charge in [-0.2, -0.15) is 5.26 Å². The molecule has 1 aromatic heterocycles. The zero-order valence-electron chi connectivity index (χ0n) is 17.3. The number of hydrogen-bond donors (Lipinski definition) is 2. The lowest BCUT2D eigenvalue weighted by Gasteiger charge is -2.10. The maximum absolute atomic E-state index is 12.8. The van der Waals surface area contributed by atoms with Crippen LogP contribution in [0.5, 0.6) is 5.75 Å². The molecule has 164 valence electrons. The van der Waals surface area contributed by atoms with Crippen LogP contribution in [-0.2, 0) is 22.9 Å². The van der Waals surface area contributed by atoms with E-state index in [0.717, 1.165) is 36.1 Å². The molecule has 3 aromatic rings. The summed E-state index contributed by atoms with van der Waals surface area (Å²) in [6, 6.07) is 14.5. The average molecular weight is 468 g/mol. The molecule has 0 unspecified atom stereocenters. The molecule has 32 heavy (non-hydrogen) atoms. The first-order valence-electron chi connectivity index (χ1n) is 10.0. The van der Waals surface area contributed by atoms with Gasteiger partial charge in [0, 0.05) is 16.1 Å². The summed E-state index contributed by atoms with van der Waals surface area (Å²) in [6.45, 7) is 0. The van der Waals surface area contributed by atoms with E-state index in [9.17, 15) is 18.5 Å². The summed E-state index contributed by atoms with van der Waals surface area (Å²) in [5.74, 6) is 0.153. The summed E-state index contributed by atoms with van der Waals surface area (Å²) in [5, 5.41) is 13.0. The van der Waals surface area contributed by atoms with Crippen molar-refractivity contribution in [3.63, 3.8) is 0 Å². The van der Waals surface area contributed by atoms with Crippen molar-refractivity contribution in [3.8, 4) is 11.8 Å². The molecule has 1 aliphatic rings. The third-order valence-electron chi connectivity index (χ3n) is 5.26. The van der Waals surface area contributed by atoms with E-state index >= 15 is 0 Å². The van der Waals surface area contributed by atoms with Crippen LogP contribution in [0.25, 0.3) is 0 Å². The van der Waals surface area contributed by atoms with Gasteiger partial charge >= 0.3 is 0 Å². The van der Waals surface area contributed by atoms with Crippen molar-refractivity contribution < 1.29 is 17.9 Å². The van der Waals surface area contributed by atoms with Crippen LogP contribution in [0.2, 0.25) is 0 Å². The Labute approximate surface area is 190 Å². The molecule has 0 radical (unpaired) electrons. The fraction of sp³-hybridized carbons (Fsp3) is 0.217. The monoisotopic (exact) mass is 467 g/mol. The van der Waals surface area contributed by atoms with Crippen LogP contribution in [0.15, 0.2) is 53.4 Å². The van der Waals surface area contributed by atoms with Crippen LogP contribution < -0.4 is 14.8 Å². The number of anilines is 2. The predicted molar refractivity (Wildman–Crippen MR) is 124 cm³/mol. The maximum atomic E-state index is 12.8. The molecule has 9 heteroatoms. The Morgan fingerprint density at radius 2 is 1.88 bits per heavy atom. The molecule has 7 nitrogen and oxygen atoms in total. The Hall–Kier alpha value is -3.35. The van der Waals surface area contributed by atoms with Gasteiger partial charge < -0.3 is 10.1 Å². The minimum Gasteiger partial charge on any atom is -0.497 e. The number of amides is 1. The molecule has 0 aliphatic heterocycles. The fourth-order valence-corrected chi connectivity index (χ4v) is 5.92. The van der Waals surface area contributed by atoms with E-state index in [2.05, 4.69) is 16.1 Å². The molecule has 1 heterocycles. The van der Waals surface area contributed by atoms with Gasteiger partial charge in [0.05, 0.1) is 17.6 Å². The zero-order chi connectivity index (χ0) is 22.7. The molecule has 1 aliphatic carbocycles. The zero-order valence-corrected chi connectivity index (χ0v) is 19.0. The highest BCUT2D eigenvalue weighted by Crippen LogP contribution is 2.37. The molecule has 2 N–H and O–H groups in total. The molecule has 0 saturated carbocycles. The number of sulfonamides is 1. The summed E-state index contributed by atoms with van der Waals surface area (Å²) < 4.78 is 32.9. The number of fused-ring (bicyclic) bond motifs is 1. The number of rotatable bonds is 6. The summed E-state index contributed by atoms with van der Waals surface area (Å²) in [4.78, 5) is 14.1. The molecule has 0 fully saturated rings. The lowest BCUT2D eigenvalue weighted by Crippen LogP contribution is -2.15. The summed E-state index contributed by atoms with van der Waals surface area (Å²) in [5.41, 5.74) is 2.13. The van der Waals surface area contributed by atoms with Gasteiger partial charge in [-0.1, -0.05) is 6.07 Å². The van der Waals surface area contributed by atoms with E-state index in [1.165, 1.54) is 36.6 Å². The Balaban J connectivity index is 1.53. The van der Waals surface area contributed by atoms with Crippen molar-refractivity contribution in [1.82, 2.24) is 0 Å². The number of hydrogen-bond acceptors (Lipinski definition) is 6. The van der Waals surface area contributed by atoms with Gasteiger partial charge in [-0.3, -0.25) is 9.52 Å². The molecule has 0 atom stereocenters. The maximum Gasteiger partial charge on any atom is 0.261 e.